The Morgan fingerprint density at radius 2 is 2.08 bits per heavy atom. The van der Waals surface area contributed by atoms with Crippen LogP contribution in [0.25, 0.3) is 0 Å². The molecule has 1 unspecified atom stereocenters. The van der Waals surface area contributed by atoms with Crippen LogP contribution >= 0.6 is 0 Å². The van der Waals surface area contributed by atoms with E-state index in [9.17, 15) is 10.2 Å². The fourth-order valence-electron chi connectivity index (χ4n) is 1.33. The number of rotatable bonds is 3. The summed E-state index contributed by atoms with van der Waals surface area (Å²) in [6, 6.07) is 5.26. The zero-order chi connectivity index (χ0) is 9.84. The summed E-state index contributed by atoms with van der Waals surface area (Å²) in [6.45, 7) is 3.79. The van der Waals surface area contributed by atoms with Crippen LogP contribution in [0.3, 0.4) is 0 Å². The van der Waals surface area contributed by atoms with Gasteiger partial charge in [0, 0.05) is 0 Å². The molecule has 1 rings (SSSR count). The van der Waals surface area contributed by atoms with Crippen LogP contribution in [0.1, 0.15) is 37.5 Å². The second-order valence-corrected chi connectivity index (χ2v) is 3.31. The van der Waals surface area contributed by atoms with Gasteiger partial charge in [0.2, 0.25) is 0 Å². The molecule has 13 heavy (non-hydrogen) atoms. The van der Waals surface area contributed by atoms with Crippen LogP contribution in [0.2, 0.25) is 0 Å². The number of hydrogen-bond donors (Lipinski definition) is 2. The Bertz CT molecular complexity index is 279. The van der Waals surface area contributed by atoms with Crippen molar-refractivity contribution in [3.63, 3.8) is 0 Å². The van der Waals surface area contributed by atoms with E-state index in [1.54, 1.807) is 19.1 Å². The van der Waals surface area contributed by atoms with Crippen LogP contribution in [-0.4, -0.2) is 10.2 Å². The monoisotopic (exact) mass is 180 g/mol. The molecule has 0 aliphatic carbocycles. The van der Waals surface area contributed by atoms with E-state index in [-0.39, 0.29) is 0 Å². The van der Waals surface area contributed by atoms with E-state index in [0.29, 0.717) is 5.75 Å². The topological polar surface area (TPSA) is 40.5 Å². The Kier molecular flexibility index (Phi) is 3.32. The quantitative estimate of drug-likeness (QED) is 0.749. The van der Waals surface area contributed by atoms with Gasteiger partial charge in [-0.05, 0) is 36.6 Å². The normalized spacial score (nSPS) is 12.8. The van der Waals surface area contributed by atoms with Crippen molar-refractivity contribution in [2.75, 3.05) is 0 Å². The third kappa shape index (κ3) is 2.46. The maximum Gasteiger partial charge on any atom is 0.118 e. The summed E-state index contributed by atoms with van der Waals surface area (Å²) in [6.07, 6.45) is 1.39. The first-order valence-corrected chi connectivity index (χ1v) is 4.65. The van der Waals surface area contributed by atoms with E-state index >= 15 is 0 Å². The molecule has 0 aliphatic rings. The molecular formula is C11H16O2. The highest BCUT2D eigenvalue weighted by Gasteiger charge is 2.05. The number of hydrogen-bond acceptors (Lipinski definition) is 2. The Morgan fingerprint density at radius 3 is 2.62 bits per heavy atom. The largest absolute Gasteiger partial charge is 0.508 e. The van der Waals surface area contributed by atoms with E-state index in [4.69, 9.17) is 0 Å². The zero-order valence-electron chi connectivity index (χ0n) is 8.12. The Morgan fingerprint density at radius 1 is 1.38 bits per heavy atom. The summed E-state index contributed by atoms with van der Waals surface area (Å²) < 4.78 is 0. The van der Waals surface area contributed by atoms with Gasteiger partial charge in [-0.1, -0.05) is 19.4 Å². The summed E-state index contributed by atoms with van der Waals surface area (Å²) in [5.41, 5.74) is 1.78. The van der Waals surface area contributed by atoms with Crippen LogP contribution in [0.15, 0.2) is 18.2 Å². The SMILES string of the molecule is CCCc1cc(C(C)O)ccc1O. The minimum absolute atomic E-state index is 0.325. The van der Waals surface area contributed by atoms with Crippen LogP contribution in [0.4, 0.5) is 0 Å². The van der Waals surface area contributed by atoms with Crippen molar-refractivity contribution in [2.24, 2.45) is 0 Å². The lowest BCUT2D eigenvalue weighted by Gasteiger charge is -2.08. The first kappa shape index (κ1) is 10.1. The van der Waals surface area contributed by atoms with Gasteiger partial charge in [0.05, 0.1) is 6.10 Å². The molecule has 0 saturated heterocycles. The van der Waals surface area contributed by atoms with Gasteiger partial charge >= 0.3 is 0 Å². The minimum Gasteiger partial charge on any atom is -0.508 e. The van der Waals surface area contributed by atoms with Gasteiger partial charge in [-0.3, -0.25) is 0 Å². The molecule has 0 spiro atoms. The minimum atomic E-state index is -0.462. The van der Waals surface area contributed by atoms with Crippen molar-refractivity contribution in [1.29, 1.82) is 0 Å². The molecule has 0 bridgehead atoms. The van der Waals surface area contributed by atoms with Crippen LogP contribution in [0, 0.1) is 0 Å². The molecule has 0 aromatic heterocycles. The fraction of sp³-hybridized carbons (Fsp3) is 0.455. The summed E-state index contributed by atoms with van der Waals surface area (Å²) in [4.78, 5) is 0. The predicted octanol–water partition coefficient (Wildman–Crippen LogP) is 2.40. The summed E-state index contributed by atoms with van der Waals surface area (Å²) in [5.74, 6) is 0.325. The highest BCUT2D eigenvalue weighted by Crippen LogP contribution is 2.23. The zero-order valence-corrected chi connectivity index (χ0v) is 8.12. The average Bonchev–Trinajstić information content (AvgIpc) is 2.08. The predicted molar refractivity (Wildman–Crippen MR) is 52.7 cm³/mol. The molecule has 72 valence electrons. The highest BCUT2D eigenvalue weighted by atomic mass is 16.3. The van der Waals surface area contributed by atoms with E-state index in [1.165, 1.54) is 0 Å². The molecule has 0 saturated carbocycles. The molecule has 0 heterocycles. The Labute approximate surface area is 78.8 Å². The van der Waals surface area contributed by atoms with Crippen LogP contribution in [0.5, 0.6) is 5.75 Å². The van der Waals surface area contributed by atoms with Crippen LogP contribution < -0.4 is 0 Å². The van der Waals surface area contributed by atoms with Crippen molar-refractivity contribution < 1.29 is 10.2 Å². The lowest BCUT2D eigenvalue weighted by molar-refractivity contribution is 0.199. The lowest BCUT2D eigenvalue weighted by Crippen LogP contribution is -1.93. The first-order valence-electron chi connectivity index (χ1n) is 4.65. The average molecular weight is 180 g/mol. The Balaban J connectivity index is 2.97. The smallest absolute Gasteiger partial charge is 0.118 e. The summed E-state index contributed by atoms with van der Waals surface area (Å²) >= 11 is 0. The number of aliphatic hydroxyl groups is 1. The van der Waals surface area contributed by atoms with Gasteiger partial charge in [0.25, 0.3) is 0 Å². The van der Waals surface area contributed by atoms with Gasteiger partial charge in [0.1, 0.15) is 5.75 Å². The molecule has 1 aromatic carbocycles. The Hall–Kier alpha value is -1.02. The van der Waals surface area contributed by atoms with E-state index in [2.05, 4.69) is 6.92 Å². The van der Waals surface area contributed by atoms with E-state index < -0.39 is 6.10 Å². The molecule has 1 aromatic rings. The molecule has 2 N–H and O–H groups in total. The molecule has 2 heteroatoms. The van der Waals surface area contributed by atoms with E-state index in [1.807, 2.05) is 6.07 Å². The molecule has 0 aliphatic heterocycles. The maximum atomic E-state index is 9.47. The number of aryl methyl sites for hydroxylation is 1. The number of aromatic hydroxyl groups is 1. The number of phenols is 1. The van der Waals surface area contributed by atoms with Crippen LogP contribution in [-0.2, 0) is 6.42 Å². The maximum absolute atomic E-state index is 9.47. The molecule has 0 fully saturated rings. The number of phenolic OH excluding ortho intramolecular Hbond substituents is 1. The standard InChI is InChI=1S/C11H16O2/c1-3-4-10-7-9(8(2)12)5-6-11(10)13/h5-8,12-13H,3-4H2,1-2H3. The number of aliphatic hydroxyl groups excluding tert-OH is 1. The second kappa shape index (κ2) is 4.28. The lowest BCUT2D eigenvalue weighted by atomic mass is 10.0. The van der Waals surface area contributed by atoms with Gasteiger partial charge in [-0.15, -0.1) is 0 Å². The number of benzene rings is 1. The third-order valence-electron chi connectivity index (χ3n) is 2.11. The molecular weight excluding hydrogens is 164 g/mol. The molecule has 2 nitrogen and oxygen atoms in total. The van der Waals surface area contributed by atoms with Crippen molar-refractivity contribution in [3.05, 3.63) is 29.3 Å². The highest BCUT2D eigenvalue weighted by molar-refractivity contribution is 5.36. The fourth-order valence-corrected chi connectivity index (χ4v) is 1.33. The van der Waals surface area contributed by atoms with Gasteiger partial charge < -0.3 is 10.2 Å². The molecule has 0 amide bonds. The summed E-state index contributed by atoms with van der Waals surface area (Å²) in [7, 11) is 0. The van der Waals surface area contributed by atoms with Crippen molar-refractivity contribution in [1.82, 2.24) is 0 Å². The van der Waals surface area contributed by atoms with Gasteiger partial charge in [-0.2, -0.15) is 0 Å². The van der Waals surface area contributed by atoms with Gasteiger partial charge in [0.15, 0.2) is 0 Å². The molecule has 0 radical (unpaired) electrons. The molecule has 1 atom stereocenters. The van der Waals surface area contributed by atoms with Crippen molar-refractivity contribution in [2.45, 2.75) is 32.8 Å². The summed E-state index contributed by atoms with van der Waals surface area (Å²) in [5, 5.41) is 18.8. The van der Waals surface area contributed by atoms with E-state index in [0.717, 1.165) is 24.0 Å². The van der Waals surface area contributed by atoms with Gasteiger partial charge in [-0.25, -0.2) is 0 Å². The second-order valence-electron chi connectivity index (χ2n) is 3.31. The van der Waals surface area contributed by atoms with Crippen molar-refractivity contribution >= 4 is 0 Å². The third-order valence-corrected chi connectivity index (χ3v) is 2.11. The van der Waals surface area contributed by atoms with Crippen molar-refractivity contribution in [3.8, 4) is 5.75 Å². The first-order chi connectivity index (χ1) is 6.15.